The minimum Gasteiger partial charge on any atom is -0.351 e. The van der Waals surface area contributed by atoms with Gasteiger partial charge in [0, 0.05) is 16.8 Å². The molecule has 1 aliphatic heterocycles. The quantitative estimate of drug-likeness (QED) is 0.678. The van der Waals surface area contributed by atoms with Crippen LogP contribution in [-0.4, -0.2) is 33.2 Å². The largest absolute Gasteiger partial charge is 0.351 e. The van der Waals surface area contributed by atoms with Gasteiger partial charge in [-0.1, -0.05) is 63.6 Å². The van der Waals surface area contributed by atoms with Crippen molar-refractivity contribution < 1.29 is 9.59 Å². The Labute approximate surface area is 195 Å². The predicted molar refractivity (Wildman–Crippen MR) is 127 cm³/mol. The van der Waals surface area contributed by atoms with Crippen molar-refractivity contribution in [3.63, 3.8) is 0 Å². The molecule has 2 amide bonds. The maximum Gasteiger partial charge on any atom is 0.277 e. The Balaban J connectivity index is 1.71. The SMILES string of the molecule is CC(C)c1cc2n(n1)CC(C)(C(=O)NC1CCCCCCC1)N(c1cccc(Cl)c1)C2=O. The van der Waals surface area contributed by atoms with Crippen molar-refractivity contribution in [2.24, 2.45) is 0 Å². The molecule has 4 rings (SSSR count). The van der Waals surface area contributed by atoms with Crippen LogP contribution in [0.5, 0.6) is 0 Å². The summed E-state index contributed by atoms with van der Waals surface area (Å²) in [6.07, 6.45) is 7.92. The summed E-state index contributed by atoms with van der Waals surface area (Å²) >= 11 is 6.26. The number of nitrogens with zero attached hydrogens (tertiary/aromatic N) is 3. The molecule has 172 valence electrons. The molecule has 2 aliphatic rings. The van der Waals surface area contributed by atoms with Gasteiger partial charge in [0.1, 0.15) is 11.2 Å². The third-order valence-corrected chi connectivity index (χ3v) is 6.99. The summed E-state index contributed by atoms with van der Waals surface area (Å²) in [6, 6.07) is 9.14. The van der Waals surface area contributed by atoms with Crippen molar-refractivity contribution in [3.8, 4) is 0 Å². The first-order valence-electron chi connectivity index (χ1n) is 11.8. The topological polar surface area (TPSA) is 67.2 Å². The normalized spacial score (nSPS) is 22.4. The summed E-state index contributed by atoms with van der Waals surface area (Å²) in [5.41, 5.74) is 0.863. The van der Waals surface area contributed by atoms with Crippen molar-refractivity contribution in [2.45, 2.75) is 89.8 Å². The molecule has 2 aromatic rings. The summed E-state index contributed by atoms with van der Waals surface area (Å²) in [6.45, 7) is 6.23. The Hall–Kier alpha value is -2.34. The van der Waals surface area contributed by atoms with Gasteiger partial charge in [-0.2, -0.15) is 5.10 Å². The molecule has 0 saturated heterocycles. The molecule has 1 saturated carbocycles. The van der Waals surface area contributed by atoms with E-state index in [0.29, 0.717) is 22.9 Å². The molecular weight excluding hydrogens is 424 g/mol. The molecule has 1 aromatic heterocycles. The van der Waals surface area contributed by atoms with Crippen LogP contribution in [0.1, 0.15) is 87.8 Å². The molecule has 1 fully saturated rings. The number of nitrogens with one attached hydrogen (secondary N) is 1. The fraction of sp³-hybridized carbons (Fsp3) is 0.560. The average molecular weight is 457 g/mol. The molecule has 1 N–H and O–H groups in total. The van der Waals surface area contributed by atoms with Gasteiger partial charge < -0.3 is 5.32 Å². The molecule has 1 atom stereocenters. The molecular formula is C25H33ClN4O2. The molecule has 1 aromatic carbocycles. The lowest BCUT2D eigenvalue weighted by atomic mass is 9.91. The number of halogens is 1. The summed E-state index contributed by atoms with van der Waals surface area (Å²) in [5, 5.41) is 8.47. The van der Waals surface area contributed by atoms with Crippen molar-refractivity contribution in [1.29, 1.82) is 0 Å². The third kappa shape index (κ3) is 4.42. The van der Waals surface area contributed by atoms with E-state index >= 15 is 0 Å². The molecule has 0 bridgehead atoms. The maximum atomic E-state index is 13.8. The Morgan fingerprint density at radius 3 is 2.50 bits per heavy atom. The molecule has 0 spiro atoms. The summed E-state index contributed by atoms with van der Waals surface area (Å²) in [7, 11) is 0. The second kappa shape index (κ2) is 9.26. The Morgan fingerprint density at radius 2 is 1.84 bits per heavy atom. The van der Waals surface area contributed by atoms with Gasteiger partial charge in [0.25, 0.3) is 5.91 Å². The first-order chi connectivity index (χ1) is 15.3. The van der Waals surface area contributed by atoms with Gasteiger partial charge in [-0.15, -0.1) is 0 Å². The van der Waals surface area contributed by atoms with E-state index in [1.807, 2.05) is 39.0 Å². The summed E-state index contributed by atoms with van der Waals surface area (Å²) < 4.78 is 1.70. The van der Waals surface area contributed by atoms with Crippen molar-refractivity contribution in [1.82, 2.24) is 15.1 Å². The van der Waals surface area contributed by atoms with Crippen LogP contribution in [0.2, 0.25) is 5.02 Å². The fourth-order valence-corrected chi connectivity index (χ4v) is 5.03. The minimum atomic E-state index is -1.11. The first-order valence-corrected chi connectivity index (χ1v) is 12.2. The number of rotatable bonds is 4. The first kappa shape index (κ1) is 22.8. The molecule has 1 aliphatic carbocycles. The van der Waals surface area contributed by atoms with Crippen LogP contribution in [0, 0.1) is 0 Å². The number of anilines is 1. The van der Waals surface area contributed by atoms with Crippen molar-refractivity contribution >= 4 is 29.1 Å². The van der Waals surface area contributed by atoms with Crippen molar-refractivity contribution in [2.75, 3.05) is 4.90 Å². The van der Waals surface area contributed by atoms with Gasteiger partial charge in [0.15, 0.2) is 0 Å². The number of fused-ring (bicyclic) bond motifs is 1. The van der Waals surface area contributed by atoms with Crippen LogP contribution in [0.3, 0.4) is 0 Å². The monoisotopic (exact) mass is 456 g/mol. The summed E-state index contributed by atoms with van der Waals surface area (Å²) in [4.78, 5) is 29.1. The molecule has 7 heteroatoms. The van der Waals surface area contributed by atoms with Gasteiger partial charge in [0.2, 0.25) is 5.91 Å². The predicted octanol–water partition coefficient (Wildman–Crippen LogP) is 5.31. The van der Waals surface area contributed by atoms with Crippen LogP contribution in [0.25, 0.3) is 0 Å². The number of carbonyl (C=O) groups excluding carboxylic acids is 2. The third-order valence-electron chi connectivity index (χ3n) is 6.76. The number of hydrogen-bond acceptors (Lipinski definition) is 3. The second-order valence-electron chi connectivity index (χ2n) is 9.68. The second-order valence-corrected chi connectivity index (χ2v) is 10.1. The van der Waals surface area contributed by atoms with Gasteiger partial charge in [-0.3, -0.25) is 19.2 Å². The highest BCUT2D eigenvalue weighted by atomic mass is 35.5. The standard InChI is InChI=1S/C25H33ClN4O2/c1-17(2)21-15-22-23(31)30(20-13-9-10-18(26)14-20)25(3,16-29(22)28-21)24(32)27-19-11-7-5-4-6-8-12-19/h9-10,13-15,17,19H,4-8,11-12,16H2,1-3H3,(H,27,32). The van der Waals surface area contributed by atoms with Gasteiger partial charge in [0.05, 0.1) is 12.2 Å². The molecule has 1 unspecified atom stereocenters. The zero-order valence-electron chi connectivity index (χ0n) is 19.2. The van der Waals surface area contributed by atoms with Crippen LogP contribution < -0.4 is 10.2 Å². The van der Waals surface area contributed by atoms with E-state index in [4.69, 9.17) is 11.6 Å². The van der Waals surface area contributed by atoms with Gasteiger partial charge >= 0.3 is 0 Å². The Kier molecular flexibility index (Phi) is 6.61. The lowest BCUT2D eigenvalue weighted by molar-refractivity contribution is -0.127. The number of carbonyl (C=O) groups is 2. The van der Waals surface area contributed by atoms with E-state index < -0.39 is 5.54 Å². The minimum absolute atomic E-state index is 0.136. The van der Waals surface area contributed by atoms with E-state index in [0.717, 1.165) is 31.4 Å². The average Bonchev–Trinajstić information content (AvgIpc) is 3.14. The molecule has 2 heterocycles. The van der Waals surface area contributed by atoms with Crippen LogP contribution in [-0.2, 0) is 11.3 Å². The number of aromatic nitrogens is 2. The highest BCUT2D eigenvalue weighted by molar-refractivity contribution is 6.31. The number of benzene rings is 1. The Bertz CT molecular complexity index is 994. The Morgan fingerprint density at radius 1 is 1.16 bits per heavy atom. The highest BCUT2D eigenvalue weighted by Crippen LogP contribution is 2.35. The molecule has 6 nitrogen and oxygen atoms in total. The zero-order chi connectivity index (χ0) is 22.9. The van der Waals surface area contributed by atoms with Crippen LogP contribution in [0.15, 0.2) is 30.3 Å². The van der Waals surface area contributed by atoms with E-state index in [1.54, 1.807) is 21.7 Å². The lowest BCUT2D eigenvalue weighted by Gasteiger charge is -2.43. The molecule has 32 heavy (non-hydrogen) atoms. The van der Waals surface area contributed by atoms with E-state index in [2.05, 4.69) is 10.4 Å². The lowest BCUT2D eigenvalue weighted by Crippen LogP contribution is -2.65. The maximum absolute atomic E-state index is 13.8. The number of amides is 2. The fourth-order valence-electron chi connectivity index (χ4n) is 4.84. The van der Waals surface area contributed by atoms with Gasteiger partial charge in [-0.25, -0.2) is 0 Å². The van der Waals surface area contributed by atoms with Gasteiger partial charge in [-0.05, 0) is 49.9 Å². The van der Waals surface area contributed by atoms with E-state index in [1.165, 1.54) is 19.3 Å². The molecule has 0 radical (unpaired) electrons. The smallest absolute Gasteiger partial charge is 0.277 e. The zero-order valence-corrected chi connectivity index (χ0v) is 20.0. The van der Waals surface area contributed by atoms with E-state index in [9.17, 15) is 9.59 Å². The van der Waals surface area contributed by atoms with Crippen molar-refractivity contribution in [3.05, 3.63) is 46.7 Å². The van der Waals surface area contributed by atoms with E-state index in [-0.39, 0.29) is 23.8 Å². The number of hydrogen-bond donors (Lipinski definition) is 1. The summed E-state index contributed by atoms with van der Waals surface area (Å²) in [5.74, 6) is -0.174. The van der Waals surface area contributed by atoms with Crippen LogP contribution in [0.4, 0.5) is 5.69 Å². The van der Waals surface area contributed by atoms with Crippen LogP contribution >= 0.6 is 11.6 Å². The highest BCUT2D eigenvalue weighted by Gasteiger charge is 2.49.